The van der Waals surface area contributed by atoms with Crippen LogP contribution in [0.15, 0.2) is 24.3 Å². The number of benzene rings is 1. The van der Waals surface area contributed by atoms with Crippen molar-refractivity contribution in [3.63, 3.8) is 0 Å². The van der Waals surface area contributed by atoms with Crippen LogP contribution in [0.25, 0.3) is 11.1 Å². The summed E-state index contributed by atoms with van der Waals surface area (Å²) in [7, 11) is 1.71. The van der Waals surface area contributed by atoms with Gasteiger partial charge in [-0.3, -0.25) is 9.48 Å². The average Bonchev–Trinajstić information content (AvgIpc) is 2.65. The van der Waals surface area contributed by atoms with Gasteiger partial charge in [0.15, 0.2) is 0 Å². The fraction of sp³-hybridized carbons (Fsp3) is 0.231. The molecule has 19 heavy (non-hydrogen) atoms. The van der Waals surface area contributed by atoms with Gasteiger partial charge in [0.2, 0.25) is 5.91 Å². The van der Waals surface area contributed by atoms with Gasteiger partial charge >= 0.3 is 0 Å². The Kier molecular flexibility index (Phi) is 3.99. The fourth-order valence-corrected chi connectivity index (χ4v) is 2.09. The van der Waals surface area contributed by atoms with Crippen LogP contribution in [0.5, 0.6) is 0 Å². The topological polar surface area (TPSA) is 46.9 Å². The van der Waals surface area contributed by atoms with Crippen LogP contribution in [0.2, 0.25) is 0 Å². The molecule has 1 heterocycles. The van der Waals surface area contributed by atoms with Gasteiger partial charge in [0.05, 0.1) is 16.6 Å². The highest BCUT2D eigenvalue weighted by Gasteiger charge is 2.19. The van der Waals surface area contributed by atoms with Crippen LogP contribution < -0.4 is 5.32 Å². The summed E-state index contributed by atoms with van der Waals surface area (Å²) >= 11 is 3.08. The number of rotatable bonds is 3. The molecule has 4 nitrogen and oxygen atoms in total. The van der Waals surface area contributed by atoms with E-state index in [9.17, 15) is 9.18 Å². The summed E-state index contributed by atoms with van der Waals surface area (Å²) < 4.78 is 15.4. The van der Waals surface area contributed by atoms with Crippen LogP contribution >= 0.6 is 15.9 Å². The molecule has 0 bridgehead atoms. The minimum Gasteiger partial charge on any atom is -0.310 e. The molecule has 0 aliphatic heterocycles. The molecule has 0 radical (unpaired) electrons. The second kappa shape index (κ2) is 5.52. The molecule has 1 aromatic carbocycles. The zero-order chi connectivity index (χ0) is 14.0. The molecule has 1 aromatic heterocycles. The molecule has 2 rings (SSSR count). The smallest absolute Gasteiger partial charge is 0.236 e. The number of carbonyl (C=O) groups is 1. The molecule has 0 saturated carbocycles. The van der Waals surface area contributed by atoms with Crippen LogP contribution in [-0.2, 0) is 11.8 Å². The maximum atomic E-state index is 13.9. The molecule has 0 fully saturated rings. The standard InChI is InChI=1S/C13H13BrFN3O/c1-8-12(9-5-3-4-6-10(9)15)13(18(2)17-8)16-11(19)7-14/h3-6H,7H2,1-2H3,(H,16,19). The summed E-state index contributed by atoms with van der Waals surface area (Å²) in [5.41, 5.74) is 1.70. The summed E-state index contributed by atoms with van der Waals surface area (Å²) in [6.07, 6.45) is 0. The first-order valence-corrected chi connectivity index (χ1v) is 6.81. The van der Waals surface area contributed by atoms with Gasteiger partial charge in [0, 0.05) is 12.6 Å². The van der Waals surface area contributed by atoms with Crippen LogP contribution in [0.1, 0.15) is 5.69 Å². The molecule has 0 spiro atoms. The summed E-state index contributed by atoms with van der Waals surface area (Å²) in [5.74, 6) is -0.0550. The van der Waals surface area contributed by atoms with Crippen molar-refractivity contribution in [1.29, 1.82) is 0 Å². The predicted molar refractivity (Wildman–Crippen MR) is 75.8 cm³/mol. The van der Waals surface area contributed by atoms with E-state index in [1.54, 1.807) is 32.2 Å². The molecule has 0 atom stereocenters. The van der Waals surface area contributed by atoms with E-state index < -0.39 is 0 Å². The molecule has 2 aromatic rings. The number of hydrogen-bond acceptors (Lipinski definition) is 2. The lowest BCUT2D eigenvalue weighted by Gasteiger charge is -2.08. The van der Waals surface area contributed by atoms with Crippen LogP contribution in [0.4, 0.5) is 10.2 Å². The van der Waals surface area contributed by atoms with Crippen molar-refractivity contribution in [2.24, 2.45) is 7.05 Å². The molecule has 0 unspecified atom stereocenters. The lowest BCUT2D eigenvalue weighted by atomic mass is 10.1. The number of anilines is 1. The molecular formula is C13H13BrFN3O. The summed E-state index contributed by atoms with van der Waals surface area (Å²) in [6.45, 7) is 1.78. The Morgan fingerprint density at radius 3 is 2.79 bits per heavy atom. The Hall–Kier alpha value is -1.69. The number of nitrogens with one attached hydrogen (secondary N) is 1. The second-order valence-corrected chi connectivity index (χ2v) is 4.66. The molecule has 6 heteroatoms. The van der Waals surface area contributed by atoms with Crippen molar-refractivity contribution in [1.82, 2.24) is 9.78 Å². The van der Waals surface area contributed by atoms with E-state index >= 15 is 0 Å². The Balaban J connectivity index is 2.57. The molecule has 1 amide bonds. The highest BCUT2D eigenvalue weighted by atomic mass is 79.9. The van der Waals surface area contributed by atoms with Crippen LogP contribution in [0.3, 0.4) is 0 Å². The van der Waals surface area contributed by atoms with E-state index in [1.807, 2.05) is 0 Å². The Morgan fingerprint density at radius 2 is 2.16 bits per heavy atom. The monoisotopic (exact) mass is 325 g/mol. The molecule has 0 aliphatic carbocycles. The SMILES string of the molecule is Cc1nn(C)c(NC(=O)CBr)c1-c1ccccc1F. The molecule has 0 aliphatic rings. The number of aryl methyl sites for hydroxylation is 2. The number of nitrogens with zero attached hydrogens (tertiary/aromatic N) is 2. The summed E-state index contributed by atoms with van der Waals surface area (Å²) in [6, 6.07) is 6.43. The van der Waals surface area contributed by atoms with E-state index in [1.165, 1.54) is 10.7 Å². The average molecular weight is 326 g/mol. The molecule has 100 valence electrons. The van der Waals surface area contributed by atoms with Gasteiger partial charge in [0.1, 0.15) is 11.6 Å². The summed E-state index contributed by atoms with van der Waals surface area (Å²) in [5, 5.41) is 7.13. The maximum Gasteiger partial charge on any atom is 0.236 e. The van der Waals surface area contributed by atoms with Gasteiger partial charge in [-0.2, -0.15) is 5.10 Å². The van der Waals surface area contributed by atoms with E-state index in [0.29, 0.717) is 22.6 Å². The van der Waals surface area contributed by atoms with Gasteiger partial charge in [0.25, 0.3) is 0 Å². The highest BCUT2D eigenvalue weighted by molar-refractivity contribution is 9.09. The fourth-order valence-electron chi connectivity index (χ4n) is 1.95. The third-order valence-corrected chi connectivity index (χ3v) is 3.25. The quantitative estimate of drug-likeness (QED) is 0.882. The summed E-state index contributed by atoms with van der Waals surface area (Å²) in [4.78, 5) is 11.5. The van der Waals surface area contributed by atoms with Crippen molar-refractivity contribution in [3.8, 4) is 11.1 Å². The first kappa shape index (κ1) is 13.7. The molecule has 0 saturated heterocycles. The highest BCUT2D eigenvalue weighted by Crippen LogP contribution is 2.32. The van der Waals surface area contributed by atoms with Gasteiger partial charge < -0.3 is 5.32 Å². The minimum atomic E-state index is -0.340. The Bertz CT molecular complexity index is 624. The number of alkyl halides is 1. The van der Waals surface area contributed by atoms with Crippen molar-refractivity contribution in [3.05, 3.63) is 35.8 Å². The van der Waals surface area contributed by atoms with Gasteiger partial charge in [-0.15, -0.1) is 0 Å². The zero-order valence-corrected chi connectivity index (χ0v) is 12.2. The number of amides is 1. The number of halogens is 2. The normalized spacial score (nSPS) is 10.5. The molecular weight excluding hydrogens is 313 g/mol. The second-order valence-electron chi connectivity index (χ2n) is 4.09. The number of aromatic nitrogens is 2. The zero-order valence-electron chi connectivity index (χ0n) is 10.6. The minimum absolute atomic E-state index is 0.175. The third-order valence-electron chi connectivity index (χ3n) is 2.74. The van der Waals surface area contributed by atoms with Crippen LogP contribution in [0, 0.1) is 12.7 Å². The largest absolute Gasteiger partial charge is 0.310 e. The molecule has 1 N–H and O–H groups in total. The lowest BCUT2D eigenvalue weighted by molar-refractivity contribution is -0.113. The van der Waals surface area contributed by atoms with Crippen molar-refractivity contribution < 1.29 is 9.18 Å². The van der Waals surface area contributed by atoms with Crippen molar-refractivity contribution in [2.75, 3.05) is 10.6 Å². The van der Waals surface area contributed by atoms with Gasteiger partial charge in [-0.1, -0.05) is 34.1 Å². The van der Waals surface area contributed by atoms with E-state index in [-0.39, 0.29) is 17.1 Å². The van der Waals surface area contributed by atoms with E-state index in [0.717, 1.165) is 0 Å². The van der Waals surface area contributed by atoms with Crippen molar-refractivity contribution in [2.45, 2.75) is 6.92 Å². The number of carbonyl (C=O) groups excluding carboxylic acids is 1. The predicted octanol–water partition coefficient (Wildman–Crippen LogP) is 2.87. The van der Waals surface area contributed by atoms with Gasteiger partial charge in [-0.25, -0.2) is 4.39 Å². The van der Waals surface area contributed by atoms with E-state index in [2.05, 4.69) is 26.3 Å². The van der Waals surface area contributed by atoms with Crippen LogP contribution in [-0.4, -0.2) is 21.0 Å². The first-order chi connectivity index (χ1) is 9.04. The maximum absolute atomic E-state index is 13.9. The van der Waals surface area contributed by atoms with E-state index in [4.69, 9.17) is 0 Å². The number of hydrogen-bond donors (Lipinski definition) is 1. The first-order valence-electron chi connectivity index (χ1n) is 5.69. The van der Waals surface area contributed by atoms with Gasteiger partial charge in [-0.05, 0) is 13.0 Å². The lowest BCUT2D eigenvalue weighted by Crippen LogP contribution is -2.15. The Morgan fingerprint density at radius 1 is 1.47 bits per heavy atom. The Labute approximate surface area is 118 Å². The van der Waals surface area contributed by atoms with Crippen molar-refractivity contribution >= 4 is 27.7 Å². The third kappa shape index (κ3) is 2.68.